The number of piperazine rings is 1. The largest absolute Gasteiger partial charge is 0.624 e. The van der Waals surface area contributed by atoms with Gasteiger partial charge in [-0.15, -0.1) is 0 Å². The molecule has 0 spiro atoms. The van der Waals surface area contributed by atoms with Crippen molar-refractivity contribution in [2.24, 2.45) is 0 Å². The molecule has 1 fully saturated rings. The molecular formula is C21H26N2O2SY-2. The van der Waals surface area contributed by atoms with Gasteiger partial charge < -0.3 is 22.0 Å². The van der Waals surface area contributed by atoms with Gasteiger partial charge >= 0.3 is 6.09 Å². The van der Waals surface area contributed by atoms with E-state index in [4.69, 9.17) is 0 Å². The number of aryl methyl sites for hydroxylation is 2. The molecule has 0 atom stereocenters. The van der Waals surface area contributed by atoms with E-state index in [1.54, 1.807) is 16.7 Å². The number of anilines is 1. The molecule has 6 heteroatoms. The molecule has 1 heterocycles. The predicted octanol–water partition coefficient (Wildman–Crippen LogP) is 4.95. The number of ether oxygens (including phenoxy) is 1. The third-order valence-corrected chi connectivity index (χ3v) is 5.66. The molecule has 1 aliphatic heterocycles. The average Bonchev–Trinajstić information content (AvgIpc) is 2.64. The van der Waals surface area contributed by atoms with Gasteiger partial charge in [-0.25, -0.2) is 4.79 Å². The Kier molecular flexibility index (Phi) is 9.85. The first-order valence-electron chi connectivity index (χ1n) is 8.38. The van der Waals surface area contributed by atoms with Crippen molar-refractivity contribution in [3.05, 3.63) is 68.1 Å². The van der Waals surface area contributed by atoms with Crippen LogP contribution in [0.3, 0.4) is 0 Å². The first-order chi connectivity index (χ1) is 12.1. The normalized spacial score (nSPS) is 13.4. The summed E-state index contributed by atoms with van der Waals surface area (Å²) in [6.45, 7) is 7.15. The van der Waals surface area contributed by atoms with Crippen LogP contribution in [0.5, 0.6) is 0 Å². The maximum atomic E-state index is 11.6. The van der Waals surface area contributed by atoms with Crippen molar-refractivity contribution in [2.45, 2.75) is 23.6 Å². The van der Waals surface area contributed by atoms with Gasteiger partial charge in [-0.05, 0) is 37.6 Å². The summed E-state index contributed by atoms with van der Waals surface area (Å²) in [5.74, 6) is 0. The summed E-state index contributed by atoms with van der Waals surface area (Å²) < 4.78 is 4.57. The van der Waals surface area contributed by atoms with Gasteiger partial charge in [0, 0.05) is 68.7 Å². The number of carbonyl (C=O) groups is 1. The number of hydrogen-bond donors (Lipinski definition) is 0. The molecule has 1 radical (unpaired) electrons. The fourth-order valence-corrected chi connectivity index (χ4v) is 4.10. The SMILES string of the molecule is [CH2-]OC(=O)N1CCN(c2ccccc2Sc2ccc(C)cc2C)CC1.[CH3-].[Y]. The van der Waals surface area contributed by atoms with Crippen molar-refractivity contribution >= 4 is 23.5 Å². The van der Waals surface area contributed by atoms with E-state index in [9.17, 15) is 4.79 Å². The molecular weight excluding hydrogens is 433 g/mol. The van der Waals surface area contributed by atoms with Crippen LogP contribution in [0, 0.1) is 28.4 Å². The average molecular weight is 459 g/mol. The molecule has 0 aliphatic carbocycles. The molecule has 4 nitrogen and oxygen atoms in total. The second-order valence-corrected chi connectivity index (χ2v) is 7.31. The summed E-state index contributed by atoms with van der Waals surface area (Å²) in [5, 5.41) is 0. The Morgan fingerprint density at radius 1 is 1.04 bits per heavy atom. The van der Waals surface area contributed by atoms with Gasteiger partial charge in [0.2, 0.25) is 0 Å². The van der Waals surface area contributed by atoms with E-state index in [-0.39, 0.29) is 46.2 Å². The van der Waals surface area contributed by atoms with Gasteiger partial charge in [0.05, 0.1) is 5.69 Å². The van der Waals surface area contributed by atoms with Crippen molar-refractivity contribution in [3.8, 4) is 0 Å². The molecule has 2 aromatic rings. The van der Waals surface area contributed by atoms with Gasteiger partial charge in [0.15, 0.2) is 0 Å². The summed E-state index contributed by atoms with van der Waals surface area (Å²) in [7, 11) is 3.21. The molecule has 0 saturated carbocycles. The molecule has 1 amide bonds. The third kappa shape index (κ3) is 5.97. The molecule has 0 unspecified atom stereocenters. The Morgan fingerprint density at radius 2 is 1.70 bits per heavy atom. The van der Waals surface area contributed by atoms with Crippen LogP contribution >= 0.6 is 11.8 Å². The molecule has 0 N–H and O–H groups in total. The summed E-state index contributed by atoms with van der Waals surface area (Å²) in [4.78, 5) is 18.1. The van der Waals surface area contributed by atoms with Gasteiger partial charge in [0.25, 0.3) is 0 Å². The van der Waals surface area contributed by atoms with Crippen LogP contribution in [0.2, 0.25) is 0 Å². The number of amides is 1. The third-order valence-electron chi connectivity index (χ3n) is 4.42. The Balaban J connectivity index is 0.00000182. The molecule has 1 saturated heterocycles. The summed E-state index contributed by atoms with van der Waals surface area (Å²) >= 11 is 1.80. The zero-order chi connectivity index (χ0) is 17.8. The van der Waals surface area contributed by atoms with Crippen LogP contribution in [0.25, 0.3) is 0 Å². The van der Waals surface area contributed by atoms with Crippen molar-refractivity contribution in [2.75, 3.05) is 31.1 Å². The van der Waals surface area contributed by atoms with Crippen LogP contribution in [0.4, 0.5) is 10.5 Å². The molecule has 2 aromatic carbocycles. The van der Waals surface area contributed by atoms with E-state index in [1.165, 1.54) is 26.6 Å². The van der Waals surface area contributed by atoms with E-state index in [2.05, 4.69) is 73.1 Å². The maximum Gasteiger partial charge on any atom is 0.377 e. The number of para-hydroxylation sites is 1. The van der Waals surface area contributed by atoms with Crippen LogP contribution in [0.1, 0.15) is 11.1 Å². The zero-order valence-electron chi connectivity index (χ0n) is 16.3. The quantitative estimate of drug-likeness (QED) is 0.608. The van der Waals surface area contributed by atoms with Gasteiger partial charge in [-0.1, -0.05) is 41.6 Å². The molecule has 0 bridgehead atoms. The van der Waals surface area contributed by atoms with Crippen molar-refractivity contribution < 1.29 is 42.2 Å². The van der Waals surface area contributed by atoms with E-state index in [0.717, 1.165) is 13.1 Å². The van der Waals surface area contributed by atoms with Crippen LogP contribution < -0.4 is 4.90 Å². The second-order valence-electron chi connectivity index (χ2n) is 6.22. The molecule has 0 aromatic heterocycles. The van der Waals surface area contributed by atoms with Crippen molar-refractivity contribution in [3.63, 3.8) is 0 Å². The maximum absolute atomic E-state index is 11.6. The minimum Gasteiger partial charge on any atom is -0.624 e. The number of rotatable bonds is 3. The van der Waals surface area contributed by atoms with Crippen molar-refractivity contribution in [1.29, 1.82) is 0 Å². The number of carbonyl (C=O) groups excluding carboxylic acids is 1. The fraction of sp³-hybridized carbons (Fsp3) is 0.286. The fourth-order valence-electron chi connectivity index (χ4n) is 3.06. The van der Waals surface area contributed by atoms with E-state index in [1.807, 2.05) is 0 Å². The van der Waals surface area contributed by atoms with Crippen molar-refractivity contribution in [1.82, 2.24) is 4.90 Å². The van der Waals surface area contributed by atoms with Crippen LogP contribution in [-0.4, -0.2) is 37.2 Å². The molecule has 143 valence electrons. The van der Waals surface area contributed by atoms with Gasteiger partial charge in [-0.2, -0.15) is 7.11 Å². The Hall–Kier alpha value is -1.04. The Labute approximate surface area is 192 Å². The Bertz CT molecular complexity index is 762. The van der Waals surface area contributed by atoms with Crippen LogP contribution in [0.15, 0.2) is 52.3 Å². The molecule has 1 aliphatic rings. The first kappa shape index (κ1) is 24.0. The van der Waals surface area contributed by atoms with Gasteiger partial charge in [-0.3, -0.25) is 0 Å². The topological polar surface area (TPSA) is 32.8 Å². The number of benzene rings is 2. The van der Waals surface area contributed by atoms with E-state index >= 15 is 0 Å². The smallest absolute Gasteiger partial charge is 0.377 e. The predicted molar refractivity (Wildman–Crippen MR) is 109 cm³/mol. The standard InChI is InChI=1S/C20H23N2O2S.CH3.Y/c1-15-8-9-18(16(2)14-15)25-19-7-5-4-6-17(19)21-10-12-22(13-11-21)20(23)24-3;;/h4-9,14H,3,10-13H2,1-2H3;1H3;/q2*-1;. The number of nitrogens with zero attached hydrogens (tertiary/aromatic N) is 2. The number of hydrogen-bond acceptors (Lipinski definition) is 4. The van der Waals surface area contributed by atoms with Crippen LogP contribution in [-0.2, 0) is 37.4 Å². The monoisotopic (exact) mass is 459 g/mol. The second kappa shape index (κ2) is 11.1. The minimum absolute atomic E-state index is 0. The summed E-state index contributed by atoms with van der Waals surface area (Å²) in [6.07, 6.45) is -0.349. The molecule has 3 rings (SSSR count). The molecule has 27 heavy (non-hydrogen) atoms. The van der Waals surface area contributed by atoms with Gasteiger partial charge in [0.1, 0.15) is 0 Å². The summed E-state index contributed by atoms with van der Waals surface area (Å²) in [5.41, 5.74) is 3.79. The minimum atomic E-state index is -0.349. The summed E-state index contributed by atoms with van der Waals surface area (Å²) in [6, 6.07) is 15.0. The zero-order valence-corrected chi connectivity index (χ0v) is 19.9. The van der Waals surface area contributed by atoms with E-state index in [0.29, 0.717) is 13.1 Å². The van der Waals surface area contributed by atoms with E-state index < -0.39 is 0 Å². The Morgan fingerprint density at radius 3 is 2.33 bits per heavy atom. The first-order valence-corrected chi connectivity index (χ1v) is 9.20.